The van der Waals surface area contributed by atoms with Crippen LogP contribution in [-0.2, 0) is 36.3 Å². The summed E-state index contributed by atoms with van der Waals surface area (Å²) in [5, 5.41) is 9.30. The number of aliphatic carboxylic acids is 1. The number of fused-ring (bicyclic) bond motifs is 3. The van der Waals surface area contributed by atoms with E-state index >= 15 is 4.39 Å². The molecule has 1 fully saturated rings. The van der Waals surface area contributed by atoms with Crippen LogP contribution >= 0.6 is 11.6 Å². The number of benzene rings is 2. The zero-order valence-electron chi connectivity index (χ0n) is 24.7. The molecule has 1 aliphatic carbocycles. The fourth-order valence-corrected chi connectivity index (χ4v) is 9.39. The Bertz CT molecular complexity index is 1550. The predicted molar refractivity (Wildman–Crippen MR) is 155 cm³/mol. The Labute approximate surface area is 266 Å². The van der Waals surface area contributed by atoms with Gasteiger partial charge in [-0.05, 0) is 73.9 Å². The Balaban J connectivity index is 1.87. The molecule has 2 aliphatic rings. The number of carbonyl (C=O) groups excluding carboxylic acids is 1. The normalized spacial score (nSPS) is 21.1. The smallest absolute Gasteiger partial charge is 0.435 e. The molecule has 0 saturated carbocycles. The monoisotopic (exact) mass is 699 g/mol. The van der Waals surface area contributed by atoms with Crippen molar-refractivity contribution in [2.24, 2.45) is 5.92 Å². The van der Waals surface area contributed by atoms with E-state index in [1.54, 1.807) is 0 Å². The zero-order valence-corrected chi connectivity index (χ0v) is 26.3. The van der Waals surface area contributed by atoms with Crippen molar-refractivity contribution in [2.75, 3.05) is 6.54 Å². The quantitative estimate of drug-likeness (QED) is 0.241. The van der Waals surface area contributed by atoms with Crippen molar-refractivity contribution in [2.45, 2.75) is 98.4 Å². The first-order chi connectivity index (χ1) is 21.3. The summed E-state index contributed by atoms with van der Waals surface area (Å²) < 4.78 is 124. The van der Waals surface area contributed by atoms with Gasteiger partial charge in [0.15, 0.2) is 9.84 Å². The molecule has 15 heteroatoms. The van der Waals surface area contributed by atoms with E-state index in [1.807, 2.05) is 6.92 Å². The second-order valence-electron chi connectivity index (χ2n) is 11.8. The number of carboxylic acids is 1. The first-order valence-electron chi connectivity index (χ1n) is 14.8. The maximum atomic E-state index is 15.0. The van der Waals surface area contributed by atoms with Gasteiger partial charge in [-0.1, -0.05) is 49.6 Å². The van der Waals surface area contributed by atoms with Crippen molar-refractivity contribution >= 4 is 33.3 Å². The number of hydrogen-bond acceptors (Lipinski definition) is 4. The molecule has 1 heterocycles. The summed E-state index contributed by atoms with van der Waals surface area (Å²) in [4.78, 5) is 26.3. The average Bonchev–Trinajstić information content (AvgIpc) is 3.38. The summed E-state index contributed by atoms with van der Waals surface area (Å²) in [5.74, 6) is -2.05. The van der Waals surface area contributed by atoms with E-state index in [9.17, 15) is 44.3 Å². The number of amides is 1. The van der Waals surface area contributed by atoms with E-state index in [1.165, 1.54) is 29.2 Å². The Hall–Kier alpha value is -2.87. The number of hydrogen-bond donors (Lipinski definition) is 1. The van der Waals surface area contributed by atoms with Crippen molar-refractivity contribution in [3.8, 4) is 0 Å². The Morgan fingerprint density at radius 2 is 1.61 bits per heavy atom. The lowest BCUT2D eigenvalue weighted by molar-refractivity contribution is -0.348. The average molecular weight is 700 g/mol. The summed E-state index contributed by atoms with van der Waals surface area (Å²) in [7, 11) is -4.50. The number of alkyl halides is 7. The number of aryl methyl sites for hydroxylation is 1. The highest BCUT2D eigenvalue weighted by molar-refractivity contribution is 7.92. The molecule has 2 aromatic carbocycles. The van der Waals surface area contributed by atoms with Gasteiger partial charge >= 0.3 is 24.0 Å². The van der Waals surface area contributed by atoms with Crippen LogP contribution in [-0.4, -0.2) is 55.2 Å². The Kier molecular flexibility index (Phi) is 10.1. The standard InChI is InChI=1S/C31H33ClF7NO5S/c1-2-3-5-19(6-4-7-26(41)42)27(43)40-17-16-28(46(44,45)23-12-10-22(32)11-13-23)24-14-9-21(18-20(24)8-15-25(28)40)29(33,30(34,35)36)31(37,38)39/h9-14,18-19,25H,2-8,15-17H2,1H3,(H,41,42)/t19-,25?,28?/m1/s1. The largest absolute Gasteiger partial charge is 0.481 e. The molecule has 0 bridgehead atoms. The summed E-state index contributed by atoms with van der Waals surface area (Å²) in [6.07, 6.45) is -11.2. The molecule has 0 spiro atoms. The number of nitrogens with zero attached hydrogens (tertiary/aromatic N) is 1. The van der Waals surface area contributed by atoms with Gasteiger partial charge in [-0.3, -0.25) is 9.59 Å². The number of halogens is 8. The second-order valence-corrected chi connectivity index (χ2v) is 14.5. The number of sulfone groups is 1. The van der Waals surface area contributed by atoms with Gasteiger partial charge in [-0.2, -0.15) is 26.3 Å². The van der Waals surface area contributed by atoms with Crippen LogP contribution in [0.5, 0.6) is 0 Å². The van der Waals surface area contributed by atoms with Gasteiger partial charge in [0.05, 0.1) is 10.9 Å². The van der Waals surface area contributed by atoms with Crippen LogP contribution < -0.4 is 0 Å². The van der Waals surface area contributed by atoms with Crippen molar-refractivity contribution in [3.63, 3.8) is 0 Å². The summed E-state index contributed by atoms with van der Waals surface area (Å²) >= 11 is 5.97. The van der Waals surface area contributed by atoms with Crippen LogP contribution in [0.4, 0.5) is 30.7 Å². The van der Waals surface area contributed by atoms with E-state index < -0.39 is 62.0 Å². The third-order valence-corrected chi connectivity index (χ3v) is 12.0. The first-order valence-corrected chi connectivity index (χ1v) is 16.7. The van der Waals surface area contributed by atoms with Crippen LogP contribution in [0, 0.1) is 5.92 Å². The summed E-state index contributed by atoms with van der Waals surface area (Å²) in [6, 6.07) is 5.61. The van der Waals surface area contributed by atoms with Gasteiger partial charge in [-0.15, -0.1) is 0 Å². The molecule has 2 unspecified atom stereocenters. The molecule has 0 radical (unpaired) electrons. The predicted octanol–water partition coefficient (Wildman–Crippen LogP) is 7.91. The van der Waals surface area contributed by atoms with Crippen LogP contribution in [0.25, 0.3) is 0 Å². The Morgan fingerprint density at radius 3 is 2.17 bits per heavy atom. The molecule has 6 nitrogen and oxygen atoms in total. The van der Waals surface area contributed by atoms with Gasteiger partial charge < -0.3 is 10.0 Å². The fourth-order valence-electron chi connectivity index (χ4n) is 6.89. The zero-order chi connectivity index (χ0) is 34.3. The maximum absolute atomic E-state index is 15.0. The van der Waals surface area contributed by atoms with E-state index in [4.69, 9.17) is 16.7 Å². The third-order valence-electron chi connectivity index (χ3n) is 9.15. The topological polar surface area (TPSA) is 91.8 Å². The maximum Gasteiger partial charge on any atom is 0.435 e. The highest BCUT2D eigenvalue weighted by atomic mass is 35.5. The molecular weight excluding hydrogens is 667 g/mol. The van der Waals surface area contributed by atoms with Crippen LogP contribution in [0.1, 0.15) is 75.0 Å². The number of likely N-dealkylation sites (tertiary alicyclic amines) is 1. The number of carbonyl (C=O) groups is 2. The number of unbranched alkanes of at least 4 members (excludes halogenated alkanes) is 1. The SMILES string of the molecule is CCCC[C@H](CCCC(=O)O)C(=O)N1CCC2(S(=O)(=O)c3ccc(Cl)cc3)c3ccc(C(F)(C(F)(F)F)C(F)(F)F)cc3CCC12. The van der Waals surface area contributed by atoms with Crippen molar-refractivity contribution in [1.82, 2.24) is 4.90 Å². The minimum absolute atomic E-state index is 0.0861. The molecule has 2 aromatic rings. The molecule has 1 saturated heterocycles. The van der Waals surface area contributed by atoms with Crippen molar-refractivity contribution in [3.05, 3.63) is 64.2 Å². The lowest BCUT2D eigenvalue weighted by atomic mass is 9.76. The lowest BCUT2D eigenvalue weighted by Gasteiger charge is -2.43. The lowest BCUT2D eigenvalue weighted by Crippen LogP contribution is -2.53. The van der Waals surface area contributed by atoms with E-state index in [2.05, 4.69) is 0 Å². The molecule has 1 aliphatic heterocycles. The van der Waals surface area contributed by atoms with E-state index in [0.717, 1.165) is 12.5 Å². The van der Waals surface area contributed by atoms with Crippen LogP contribution in [0.2, 0.25) is 5.02 Å². The van der Waals surface area contributed by atoms with Crippen LogP contribution in [0.15, 0.2) is 47.4 Å². The summed E-state index contributed by atoms with van der Waals surface area (Å²) in [5.41, 5.74) is -7.71. The molecule has 1 N–H and O–H groups in total. The fraction of sp³-hybridized carbons (Fsp3) is 0.548. The second kappa shape index (κ2) is 13.0. The number of carboxylic acid groups (broad SMARTS) is 1. The molecule has 1 amide bonds. The highest BCUT2D eigenvalue weighted by Gasteiger charge is 2.74. The van der Waals surface area contributed by atoms with Gasteiger partial charge in [0, 0.05) is 29.5 Å². The van der Waals surface area contributed by atoms with Gasteiger partial charge in [0.1, 0.15) is 4.75 Å². The summed E-state index contributed by atoms with van der Waals surface area (Å²) in [6.45, 7) is 1.82. The van der Waals surface area contributed by atoms with Gasteiger partial charge in [-0.25, -0.2) is 12.8 Å². The minimum Gasteiger partial charge on any atom is -0.481 e. The van der Waals surface area contributed by atoms with Crippen molar-refractivity contribution < 1.29 is 53.8 Å². The minimum atomic E-state index is -6.35. The molecule has 3 atom stereocenters. The molecule has 0 aromatic heterocycles. The van der Waals surface area contributed by atoms with Gasteiger partial charge in [0.2, 0.25) is 5.91 Å². The number of rotatable bonds is 11. The van der Waals surface area contributed by atoms with E-state index in [-0.39, 0.29) is 66.1 Å². The molecule has 4 rings (SSSR count). The molecule has 254 valence electrons. The first kappa shape index (κ1) is 36.0. The Morgan fingerprint density at radius 1 is 1.00 bits per heavy atom. The van der Waals surface area contributed by atoms with Crippen molar-refractivity contribution in [1.29, 1.82) is 0 Å². The van der Waals surface area contributed by atoms with E-state index in [0.29, 0.717) is 25.0 Å². The third kappa shape index (κ3) is 6.11. The molecule has 46 heavy (non-hydrogen) atoms. The molecular formula is C31H33ClF7NO5S. The van der Waals surface area contributed by atoms with Crippen LogP contribution in [0.3, 0.4) is 0 Å². The highest BCUT2D eigenvalue weighted by Crippen LogP contribution is 2.57. The van der Waals surface area contributed by atoms with Gasteiger partial charge in [0.25, 0.3) is 0 Å².